The van der Waals surface area contributed by atoms with Crippen molar-refractivity contribution in [3.63, 3.8) is 0 Å². The van der Waals surface area contributed by atoms with Crippen molar-refractivity contribution in [2.75, 3.05) is 0 Å². The molecular formula is C22H30O3. The maximum atomic E-state index is 12.5. The summed E-state index contributed by atoms with van der Waals surface area (Å²) in [7, 11) is 0. The highest BCUT2D eigenvalue weighted by Crippen LogP contribution is 2.64. The second-order valence-corrected chi connectivity index (χ2v) is 9.38. The highest BCUT2D eigenvalue weighted by Gasteiger charge is 2.61. The van der Waals surface area contributed by atoms with Crippen molar-refractivity contribution < 1.29 is 14.4 Å². The molecule has 4 aliphatic rings. The molecule has 2 unspecified atom stereocenters. The first kappa shape index (κ1) is 17.2. The lowest BCUT2D eigenvalue weighted by Gasteiger charge is -2.58. The second kappa shape index (κ2) is 5.62. The zero-order valence-electron chi connectivity index (χ0n) is 15.7. The summed E-state index contributed by atoms with van der Waals surface area (Å²) in [6, 6.07) is 0. The van der Waals surface area contributed by atoms with Gasteiger partial charge >= 0.3 is 0 Å². The Bertz CT molecular complexity index is 662. The number of Topliss-reactive ketones (excluding diaryl/α,β-unsaturated/α-hetero) is 2. The number of hydrogen-bond donors (Lipinski definition) is 0. The summed E-state index contributed by atoms with van der Waals surface area (Å²) in [5.41, 5.74) is -0.184. The van der Waals surface area contributed by atoms with Crippen molar-refractivity contribution >= 4 is 17.3 Å². The van der Waals surface area contributed by atoms with Crippen LogP contribution in [0.1, 0.15) is 65.7 Å². The van der Waals surface area contributed by atoms with Gasteiger partial charge in [-0.05, 0) is 67.3 Å². The monoisotopic (exact) mass is 342 g/mol. The number of ketones is 3. The highest BCUT2D eigenvalue weighted by atomic mass is 16.2. The highest BCUT2D eigenvalue weighted by molar-refractivity contribution is 6.08. The SMILES string of the molecule is CCC(=O)C1C(=O)C=C[C@@]2(C)C1CC[C@@H]1[C@H]2CC[C@]2(C)C(=O)CC[C@@H]12. The lowest BCUT2D eigenvalue weighted by molar-refractivity contribution is -0.144. The van der Waals surface area contributed by atoms with E-state index in [1.807, 2.05) is 6.92 Å². The molecule has 0 spiro atoms. The van der Waals surface area contributed by atoms with Crippen molar-refractivity contribution in [2.45, 2.75) is 65.7 Å². The molecule has 7 atom stereocenters. The lowest BCUT2D eigenvalue weighted by Crippen LogP contribution is -2.55. The van der Waals surface area contributed by atoms with E-state index in [1.165, 1.54) is 0 Å². The minimum atomic E-state index is -0.431. The topological polar surface area (TPSA) is 51.2 Å². The van der Waals surface area contributed by atoms with Gasteiger partial charge in [-0.3, -0.25) is 14.4 Å². The van der Waals surface area contributed by atoms with E-state index >= 15 is 0 Å². The minimum Gasteiger partial charge on any atom is -0.299 e. The molecule has 0 aromatic heterocycles. The Labute approximate surface area is 150 Å². The van der Waals surface area contributed by atoms with E-state index in [0.29, 0.717) is 30.0 Å². The fourth-order valence-electron chi connectivity index (χ4n) is 7.13. The van der Waals surface area contributed by atoms with E-state index in [-0.39, 0.29) is 28.3 Å². The fourth-order valence-corrected chi connectivity index (χ4v) is 7.13. The van der Waals surface area contributed by atoms with Crippen molar-refractivity contribution in [3.8, 4) is 0 Å². The number of hydrogen-bond acceptors (Lipinski definition) is 3. The van der Waals surface area contributed by atoms with E-state index in [1.54, 1.807) is 6.08 Å². The normalized spacial score (nSPS) is 48.7. The van der Waals surface area contributed by atoms with Crippen LogP contribution in [-0.4, -0.2) is 17.3 Å². The maximum Gasteiger partial charge on any atom is 0.166 e. The molecule has 4 rings (SSSR count). The van der Waals surface area contributed by atoms with Crippen LogP contribution in [0.2, 0.25) is 0 Å². The number of fused-ring (bicyclic) bond motifs is 5. The molecule has 4 aliphatic carbocycles. The Balaban J connectivity index is 1.70. The third kappa shape index (κ3) is 2.20. The molecule has 0 aliphatic heterocycles. The molecule has 3 fully saturated rings. The van der Waals surface area contributed by atoms with Gasteiger partial charge in [0.2, 0.25) is 0 Å². The zero-order chi connectivity index (χ0) is 18.0. The van der Waals surface area contributed by atoms with Gasteiger partial charge in [0.25, 0.3) is 0 Å². The van der Waals surface area contributed by atoms with Gasteiger partial charge in [0.15, 0.2) is 5.78 Å². The third-order valence-corrected chi connectivity index (χ3v) is 8.57. The molecule has 0 aromatic carbocycles. The molecular weight excluding hydrogens is 312 g/mol. The van der Waals surface area contributed by atoms with Gasteiger partial charge in [0.1, 0.15) is 11.6 Å². The summed E-state index contributed by atoms with van der Waals surface area (Å²) < 4.78 is 0. The Hall–Kier alpha value is -1.25. The Morgan fingerprint density at radius 3 is 2.56 bits per heavy atom. The van der Waals surface area contributed by atoms with Crippen LogP contribution < -0.4 is 0 Å². The van der Waals surface area contributed by atoms with E-state index in [0.717, 1.165) is 38.5 Å². The molecule has 0 N–H and O–H groups in total. The molecule has 0 heterocycles. The van der Waals surface area contributed by atoms with Crippen LogP contribution in [0.4, 0.5) is 0 Å². The van der Waals surface area contributed by atoms with E-state index < -0.39 is 5.92 Å². The standard InChI is InChI=1S/C22H30O3/c1-4-17(23)20-16-6-5-13-14-7-8-19(25)22(14,3)11-9-15(13)21(16,2)12-10-18(20)24/h10,12-16,20H,4-9,11H2,1-3H3/t13-,14-,15+,16?,20?,21+,22-/m0/s1. The molecule has 3 heteroatoms. The summed E-state index contributed by atoms with van der Waals surface area (Å²) in [4.78, 5) is 37.5. The van der Waals surface area contributed by atoms with E-state index in [2.05, 4.69) is 19.9 Å². The molecule has 0 aromatic rings. The molecule has 0 saturated heterocycles. The number of rotatable bonds is 2. The molecule has 3 saturated carbocycles. The quantitative estimate of drug-likeness (QED) is 0.708. The van der Waals surface area contributed by atoms with Gasteiger partial charge in [-0.2, -0.15) is 0 Å². The first-order valence-corrected chi connectivity index (χ1v) is 10.1. The molecule has 25 heavy (non-hydrogen) atoms. The summed E-state index contributed by atoms with van der Waals surface area (Å²) in [5.74, 6) is 1.90. The maximum absolute atomic E-state index is 12.5. The van der Waals surface area contributed by atoms with Crippen LogP contribution in [-0.2, 0) is 14.4 Å². The van der Waals surface area contributed by atoms with Crippen molar-refractivity contribution in [2.24, 2.45) is 40.4 Å². The van der Waals surface area contributed by atoms with Gasteiger partial charge in [-0.15, -0.1) is 0 Å². The Morgan fingerprint density at radius 2 is 1.84 bits per heavy atom. The molecule has 0 bridgehead atoms. The summed E-state index contributed by atoms with van der Waals surface area (Å²) >= 11 is 0. The lowest BCUT2D eigenvalue weighted by atomic mass is 9.45. The minimum absolute atomic E-state index is 0.0180. The average molecular weight is 342 g/mol. The van der Waals surface area contributed by atoms with Crippen molar-refractivity contribution in [3.05, 3.63) is 12.2 Å². The van der Waals surface area contributed by atoms with Crippen molar-refractivity contribution in [1.29, 1.82) is 0 Å². The van der Waals surface area contributed by atoms with Crippen LogP contribution in [0.25, 0.3) is 0 Å². The third-order valence-electron chi connectivity index (χ3n) is 8.57. The first-order chi connectivity index (χ1) is 11.8. The van der Waals surface area contributed by atoms with Crippen molar-refractivity contribution in [1.82, 2.24) is 0 Å². The Morgan fingerprint density at radius 1 is 1.08 bits per heavy atom. The van der Waals surface area contributed by atoms with Crippen LogP contribution in [0, 0.1) is 40.4 Å². The predicted molar refractivity (Wildman–Crippen MR) is 95.8 cm³/mol. The van der Waals surface area contributed by atoms with Gasteiger partial charge in [0.05, 0.1) is 5.92 Å². The van der Waals surface area contributed by atoms with Crippen LogP contribution in [0.15, 0.2) is 12.2 Å². The van der Waals surface area contributed by atoms with Gasteiger partial charge < -0.3 is 0 Å². The fraction of sp³-hybridized carbons (Fsp3) is 0.773. The van der Waals surface area contributed by atoms with E-state index in [9.17, 15) is 14.4 Å². The summed E-state index contributed by atoms with van der Waals surface area (Å²) in [6.07, 6.45) is 10.1. The Kier molecular flexibility index (Phi) is 3.86. The number of allylic oxidation sites excluding steroid dienone is 2. The van der Waals surface area contributed by atoms with Gasteiger partial charge in [-0.25, -0.2) is 0 Å². The molecule has 3 nitrogen and oxygen atoms in total. The molecule has 0 radical (unpaired) electrons. The van der Waals surface area contributed by atoms with Crippen LogP contribution in [0.3, 0.4) is 0 Å². The van der Waals surface area contributed by atoms with Gasteiger partial charge in [-0.1, -0.05) is 26.8 Å². The smallest absolute Gasteiger partial charge is 0.166 e. The average Bonchev–Trinajstić information content (AvgIpc) is 2.90. The van der Waals surface area contributed by atoms with Crippen LogP contribution >= 0.6 is 0 Å². The largest absolute Gasteiger partial charge is 0.299 e. The zero-order valence-corrected chi connectivity index (χ0v) is 15.7. The summed E-state index contributed by atoms with van der Waals surface area (Å²) in [6.45, 7) is 6.35. The van der Waals surface area contributed by atoms with Crippen LogP contribution in [0.5, 0.6) is 0 Å². The number of carbonyl (C=O) groups excluding carboxylic acids is 3. The molecule has 0 amide bonds. The second-order valence-electron chi connectivity index (χ2n) is 9.38. The van der Waals surface area contributed by atoms with Gasteiger partial charge in [0, 0.05) is 18.3 Å². The first-order valence-electron chi connectivity index (χ1n) is 10.1. The van der Waals surface area contributed by atoms with E-state index in [4.69, 9.17) is 0 Å². The molecule has 136 valence electrons. The summed E-state index contributed by atoms with van der Waals surface area (Å²) in [5, 5.41) is 0. The predicted octanol–water partition coefficient (Wildman–Crippen LogP) is 4.15. The number of carbonyl (C=O) groups is 3.